The highest BCUT2D eigenvalue weighted by Crippen LogP contribution is 2.10. The van der Waals surface area contributed by atoms with Crippen LogP contribution < -0.4 is 0 Å². The van der Waals surface area contributed by atoms with Crippen molar-refractivity contribution in [1.82, 2.24) is 19.7 Å². The zero-order valence-corrected chi connectivity index (χ0v) is 6.68. The molecule has 2 aromatic rings. The maximum atomic E-state index is 4.20. The molecule has 0 fully saturated rings. The molecule has 0 saturated carbocycles. The average molecular weight is 160 g/mol. The molecule has 0 spiro atoms. The SMILES string of the molecule is Cn1ccc(-c2cnccn2)n1. The van der Waals surface area contributed by atoms with Gasteiger partial charge >= 0.3 is 0 Å². The number of aromatic nitrogens is 4. The van der Waals surface area contributed by atoms with Crippen LogP contribution in [-0.4, -0.2) is 19.7 Å². The summed E-state index contributed by atoms with van der Waals surface area (Å²) in [7, 11) is 1.87. The molecule has 12 heavy (non-hydrogen) atoms. The summed E-state index contributed by atoms with van der Waals surface area (Å²) in [6.07, 6.45) is 6.88. The third-order valence-corrected chi connectivity index (χ3v) is 1.54. The van der Waals surface area contributed by atoms with Crippen LogP contribution in [0.4, 0.5) is 0 Å². The van der Waals surface area contributed by atoms with Gasteiger partial charge in [-0.15, -0.1) is 0 Å². The number of hydrogen-bond donors (Lipinski definition) is 0. The zero-order chi connectivity index (χ0) is 8.39. The Balaban J connectivity index is 2.45. The van der Waals surface area contributed by atoms with Gasteiger partial charge in [0.15, 0.2) is 0 Å². The van der Waals surface area contributed by atoms with Gasteiger partial charge < -0.3 is 0 Å². The summed E-state index contributed by atoms with van der Waals surface area (Å²) in [6.45, 7) is 0. The van der Waals surface area contributed by atoms with Crippen molar-refractivity contribution in [3.8, 4) is 11.4 Å². The molecule has 0 aliphatic carbocycles. The van der Waals surface area contributed by atoms with Crippen molar-refractivity contribution in [3.05, 3.63) is 30.9 Å². The quantitative estimate of drug-likeness (QED) is 0.622. The molecular formula is C8H8N4. The standard InChI is InChI=1S/C8H8N4/c1-12-5-2-7(11-12)8-6-9-3-4-10-8/h2-6H,1H3. The molecule has 0 radical (unpaired) electrons. The van der Waals surface area contributed by atoms with E-state index in [9.17, 15) is 0 Å². The Morgan fingerprint density at radius 3 is 2.75 bits per heavy atom. The maximum absolute atomic E-state index is 4.20. The van der Waals surface area contributed by atoms with Crippen LogP contribution in [0.3, 0.4) is 0 Å². The van der Waals surface area contributed by atoms with Crippen LogP contribution in [0.1, 0.15) is 0 Å². The number of rotatable bonds is 1. The van der Waals surface area contributed by atoms with E-state index in [-0.39, 0.29) is 0 Å². The summed E-state index contributed by atoms with van der Waals surface area (Å²) in [5, 5.41) is 4.20. The van der Waals surface area contributed by atoms with Gasteiger partial charge in [0, 0.05) is 25.6 Å². The fraction of sp³-hybridized carbons (Fsp3) is 0.125. The third-order valence-electron chi connectivity index (χ3n) is 1.54. The van der Waals surface area contributed by atoms with E-state index in [1.165, 1.54) is 0 Å². The van der Waals surface area contributed by atoms with Gasteiger partial charge in [-0.05, 0) is 6.07 Å². The predicted molar refractivity (Wildman–Crippen MR) is 44.2 cm³/mol. The molecule has 4 heteroatoms. The normalized spacial score (nSPS) is 10.1. The predicted octanol–water partition coefficient (Wildman–Crippen LogP) is 0.877. The van der Waals surface area contributed by atoms with Crippen molar-refractivity contribution >= 4 is 0 Å². The monoisotopic (exact) mass is 160 g/mol. The Bertz CT molecular complexity index is 366. The number of nitrogens with zero attached hydrogens (tertiary/aromatic N) is 4. The first-order chi connectivity index (χ1) is 5.86. The molecule has 0 amide bonds. The van der Waals surface area contributed by atoms with E-state index in [1.54, 1.807) is 23.3 Å². The van der Waals surface area contributed by atoms with Gasteiger partial charge in [-0.2, -0.15) is 5.10 Å². The first kappa shape index (κ1) is 6.97. The molecule has 2 heterocycles. The van der Waals surface area contributed by atoms with Crippen molar-refractivity contribution < 1.29 is 0 Å². The van der Waals surface area contributed by atoms with Crippen molar-refractivity contribution in [3.63, 3.8) is 0 Å². The summed E-state index contributed by atoms with van der Waals surface area (Å²) in [5.74, 6) is 0. The van der Waals surface area contributed by atoms with E-state index >= 15 is 0 Å². The Kier molecular flexibility index (Phi) is 1.59. The molecule has 0 N–H and O–H groups in total. The Morgan fingerprint density at radius 1 is 1.25 bits per heavy atom. The highest BCUT2D eigenvalue weighted by Gasteiger charge is 2.00. The van der Waals surface area contributed by atoms with E-state index in [2.05, 4.69) is 15.1 Å². The van der Waals surface area contributed by atoms with Crippen LogP contribution >= 0.6 is 0 Å². The van der Waals surface area contributed by atoms with E-state index in [4.69, 9.17) is 0 Å². The second-order valence-corrected chi connectivity index (χ2v) is 2.47. The minimum absolute atomic E-state index is 0.804. The van der Waals surface area contributed by atoms with Gasteiger partial charge in [-0.25, -0.2) is 0 Å². The van der Waals surface area contributed by atoms with Gasteiger partial charge in [0.05, 0.1) is 6.20 Å². The minimum atomic E-state index is 0.804. The summed E-state index contributed by atoms with van der Waals surface area (Å²) in [6, 6.07) is 1.91. The van der Waals surface area contributed by atoms with Gasteiger partial charge in [0.25, 0.3) is 0 Å². The van der Waals surface area contributed by atoms with Gasteiger partial charge in [-0.3, -0.25) is 14.6 Å². The topological polar surface area (TPSA) is 43.6 Å². The largest absolute Gasteiger partial charge is 0.275 e. The van der Waals surface area contributed by atoms with Crippen molar-refractivity contribution in [1.29, 1.82) is 0 Å². The molecule has 0 unspecified atom stereocenters. The molecule has 2 rings (SSSR count). The minimum Gasteiger partial charge on any atom is -0.275 e. The van der Waals surface area contributed by atoms with Crippen LogP contribution in [0.15, 0.2) is 30.9 Å². The van der Waals surface area contributed by atoms with Crippen LogP contribution in [-0.2, 0) is 7.05 Å². The molecule has 4 nitrogen and oxygen atoms in total. The van der Waals surface area contributed by atoms with Crippen LogP contribution in [0.2, 0.25) is 0 Å². The summed E-state index contributed by atoms with van der Waals surface area (Å²) in [5.41, 5.74) is 1.66. The Morgan fingerprint density at radius 2 is 2.17 bits per heavy atom. The van der Waals surface area contributed by atoms with E-state index in [0.717, 1.165) is 11.4 Å². The third kappa shape index (κ3) is 1.18. The first-order valence-electron chi connectivity index (χ1n) is 3.62. The van der Waals surface area contributed by atoms with Crippen LogP contribution in [0.25, 0.3) is 11.4 Å². The molecule has 0 atom stereocenters. The highest BCUT2D eigenvalue weighted by atomic mass is 15.2. The lowest BCUT2D eigenvalue weighted by atomic mass is 10.3. The lowest BCUT2D eigenvalue weighted by Crippen LogP contribution is -1.89. The molecule has 0 saturated heterocycles. The number of hydrogen-bond acceptors (Lipinski definition) is 3. The fourth-order valence-electron chi connectivity index (χ4n) is 0.983. The average Bonchev–Trinajstić information content (AvgIpc) is 2.54. The van der Waals surface area contributed by atoms with Crippen molar-refractivity contribution in [2.45, 2.75) is 0 Å². The van der Waals surface area contributed by atoms with Crippen LogP contribution in [0.5, 0.6) is 0 Å². The zero-order valence-electron chi connectivity index (χ0n) is 6.68. The van der Waals surface area contributed by atoms with Crippen LogP contribution in [0, 0.1) is 0 Å². The second kappa shape index (κ2) is 2.73. The Hall–Kier alpha value is -1.71. The van der Waals surface area contributed by atoms with Gasteiger partial charge in [0.1, 0.15) is 11.4 Å². The second-order valence-electron chi connectivity index (χ2n) is 2.47. The summed E-state index contributed by atoms with van der Waals surface area (Å²) < 4.78 is 1.74. The van der Waals surface area contributed by atoms with Gasteiger partial charge in [0.2, 0.25) is 0 Å². The van der Waals surface area contributed by atoms with E-state index < -0.39 is 0 Å². The lowest BCUT2D eigenvalue weighted by Gasteiger charge is -1.91. The van der Waals surface area contributed by atoms with E-state index in [1.807, 2.05) is 19.3 Å². The molecular weight excluding hydrogens is 152 g/mol. The summed E-state index contributed by atoms with van der Waals surface area (Å²) >= 11 is 0. The van der Waals surface area contributed by atoms with Crippen molar-refractivity contribution in [2.75, 3.05) is 0 Å². The molecule has 2 aromatic heterocycles. The van der Waals surface area contributed by atoms with E-state index in [0.29, 0.717) is 0 Å². The molecule has 0 aliphatic heterocycles. The number of aryl methyl sites for hydroxylation is 1. The molecule has 0 aliphatic rings. The maximum Gasteiger partial charge on any atom is 0.112 e. The fourth-order valence-corrected chi connectivity index (χ4v) is 0.983. The van der Waals surface area contributed by atoms with Gasteiger partial charge in [-0.1, -0.05) is 0 Å². The smallest absolute Gasteiger partial charge is 0.112 e. The Labute approximate surface area is 69.9 Å². The summed E-state index contributed by atoms with van der Waals surface area (Å²) in [4.78, 5) is 8.08. The highest BCUT2D eigenvalue weighted by molar-refractivity contribution is 5.51. The lowest BCUT2D eigenvalue weighted by molar-refractivity contribution is 0.769. The molecule has 0 bridgehead atoms. The van der Waals surface area contributed by atoms with Crippen molar-refractivity contribution in [2.24, 2.45) is 7.05 Å². The molecule has 60 valence electrons. The molecule has 0 aromatic carbocycles. The first-order valence-corrected chi connectivity index (χ1v) is 3.62.